The highest BCUT2D eigenvalue weighted by Crippen LogP contribution is 2.39. The molecule has 0 aliphatic carbocycles. The summed E-state index contributed by atoms with van der Waals surface area (Å²) in [7, 11) is 3.23. The highest BCUT2D eigenvalue weighted by atomic mass is 16.5. The third-order valence-corrected chi connectivity index (χ3v) is 7.22. The minimum Gasteiger partial charge on any atom is -0.493 e. The molecule has 0 N–H and O–H groups in total. The van der Waals surface area contributed by atoms with Crippen LogP contribution in [0.1, 0.15) is 123 Å². The van der Waals surface area contributed by atoms with Gasteiger partial charge in [-0.2, -0.15) is 0 Å². The third-order valence-electron chi connectivity index (χ3n) is 7.22. The Morgan fingerprint density at radius 1 is 0.705 bits per heavy atom. The van der Waals surface area contributed by atoms with Crippen LogP contribution in [-0.4, -0.2) is 33.4 Å². The summed E-state index contributed by atoms with van der Waals surface area (Å²) in [6.07, 6.45) is 32.5. The molecule has 0 aromatic heterocycles. The van der Waals surface area contributed by atoms with Gasteiger partial charge in [-0.25, -0.2) is 0 Å². The molecule has 0 spiro atoms. The predicted molar refractivity (Wildman–Crippen MR) is 187 cm³/mol. The molecule has 5 heteroatoms. The normalized spacial score (nSPS) is 11.9. The second-order valence-electron chi connectivity index (χ2n) is 11.5. The molecule has 44 heavy (non-hydrogen) atoms. The van der Waals surface area contributed by atoms with E-state index < -0.39 is 0 Å². The topological polar surface area (TPSA) is 54.0 Å². The molecule has 246 valence electrons. The van der Waals surface area contributed by atoms with Crippen LogP contribution in [0, 0.1) is 0 Å². The highest BCUT2D eigenvalue weighted by molar-refractivity contribution is 5.69. The van der Waals surface area contributed by atoms with Crippen LogP contribution in [0.3, 0.4) is 0 Å². The number of unbranched alkanes of at least 4 members (excludes halogenated alkanes) is 8. The molecule has 0 amide bonds. The summed E-state index contributed by atoms with van der Waals surface area (Å²) >= 11 is 0. The lowest BCUT2D eigenvalue weighted by molar-refractivity contribution is -0.142. The van der Waals surface area contributed by atoms with Gasteiger partial charge in [0.15, 0.2) is 11.5 Å². The van der Waals surface area contributed by atoms with Crippen molar-refractivity contribution in [3.8, 4) is 17.2 Å². The van der Waals surface area contributed by atoms with Crippen molar-refractivity contribution in [1.82, 2.24) is 0 Å². The fraction of sp³-hybridized carbons (Fsp3) is 0.564. The van der Waals surface area contributed by atoms with Gasteiger partial charge in [-0.15, -0.1) is 0 Å². The van der Waals surface area contributed by atoms with E-state index in [1.165, 1.54) is 49.7 Å². The van der Waals surface area contributed by atoms with Crippen molar-refractivity contribution in [1.29, 1.82) is 0 Å². The zero-order valence-corrected chi connectivity index (χ0v) is 28.6. The maximum absolute atomic E-state index is 12.1. The number of esters is 1. The number of rotatable bonds is 25. The summed E-state index contributed by atoms with van der Waals surface area (Å²) in [5.41, 5.74) is 3.50. The Kier molecular flexibility index (Phi) is 23.1. The van der Waals surface area contributed by atoms with Crippen LogP contribution in [0.4, 0.5) is 0 Å². The Morgan fingerprint density at radius 2 is 1.34 bits per heavy atom. The first kappa shape index (κ1) is 38.8. The van der Waals surface area contributed by atoms with Gasteiger partial charge in [0.05, 0.1) is 14.2 Å². The van der Waals surface area contributed by atoms with Gasteiger partial charge in [-0.1, -0.05) is 86.6 Å². The van der Waals surface area contributed by atoms with E-state index in [1.54, 1.807) is 14.2 Å². The smallest absolute Gasteiger partial charge is 0.306 e. The van der Waals surface area contributed by atoms with E-state index in [4.69, 9.17) is 18.9 Å². The van der Waals surface area contributed by atoms with Crippen molar-refractivity contribution < 1.29 is 23.7 Å². The van der Waals surface area contributed by atoms with Gasteiger partial charge in [0, 0.05) is 6.42 Å². The van der Waals surface area contributed by atoms with Crippen LogP contribution >= 0.6 is 0 Å². The van der Waals surface area contributed by atoms with E-state index in [-0.39, 0.29) is 12.6 Å². The first-order valence-corrected chi connectivity index (χ1v) is 16.7. The lowest BCUT2D eigenvalue weighted by Crippen LogP contribution is -2.04. The van der Waals surface area contributed by atoms with Gasteiger partial charge in [0.1, 0.15) is 13.2 Å². The molecule has 0 atom stereocenters. The molecular formula is C39H60O5. The Balaban J connectivity index is 2.31. The van der Waals surface area contributed by atoms with Gasteiger partial charge in [0.2, 0.25) is 5.75 Å². The summed E-state index contributed by atoms with van der Waals surface area (Å²) < 4.78 is 22.6. The van der Waals surface area contributed by atoms with E-state index in [9.17, 15) is 4.79 Å². The Morgan fingerprint density at radius 3 is 1.98 bits per heavy atom. The molecule has 1 aromatic rings. The van der Waals surface area contributed by atoms with Crippen LogP contribution in [0.15, 0.2) is 65.8 Å². The molecule has 0 heterocycles. The van der Waals surface area contributed by atoms with Gasteiger partial charge >= 0.3 is 5.97 Å². The number of methoxy groups -OCH3 is 2. The van der Waals surface area contributed by atoms with Crippen LogP contribution in [0.25, 0.3) is 6.08 Å². The monoisotopic (exact) mass is 608 g/mol. The zero-order valence-electron chi connectivity index (χ0n) is 28.6. The van der Waals surface area contributed by atoms with Crippen molar-refractivity contribution >= 4 is 12.0 Å². The number of carbonyl (C=O) groups excluding carboxylic acids is 1. The first-order chi connectivity index (χ1) is 21.4. The standard InChI is InChI=1S/C39H60O5/c1-7-8-9-10-11-12-13-14-15-16-17-18-19-20-21-27-38(40)43-29-23-26-35-31-36(41-5)39(37(32-35)42-6)44-30-28-34(4)25-22-24-33(2)3/h11-12,14-15,23-24,26,28,31-32H,7-10,13,16-22,25,27,29-30H2,1-6H3/b12-11-,15-14-,26-23+,34-28+. The lowest BCUT2D eigenvalue weighted by atomic mass is 10.1. The number of hydrogen-bond donors (Lipinski definition) is 0. The van der Waals surface area contributed by atoms with Crippen LogP contribution < -0.4 is 14.2 Å². The van der Waals surface area contributed by atoms with E-state index in [2.05, 4.69) is 64.2 Å². The molecule has 1 rings (SSSR count). The van der Waals surface area contributed by atoms with E-state index in [0.717, 1.165) is 50.5 Å². The lowest BCUT2D eigenvalue weighted by Gasteiger charge is -2.15. The Labute approximate surface area is 269 Å². The summed E-state index contributed by atoms with van der Waals surface area (Å²) in [6, 6.07) is 3.79. The molecule has 0 bridgehead atoms. The SMILES string of the molecule is CCCCC/C=C\C/C=C\CCCCCCCC(=O)OC/C=C/c1cc(OC)c(OC/C=C(\C)CCC=C(C)C)c(OC)c1. The Hall–Kier alpha value is -3.21. The number of ether oxygens (including phenoxy) is 4. The van der Waals surface area contributed by atoms with Crippen LogP contribution in [-0.2, 0) is 9.53 Å². The van der Waals surface area contributed by atoms with Gasteiger partial charge in [0.25, 0.3) is 0 Å². The summed E-state index contributed by atoms with van der Waals surface area (Å²) in [5, 5.41) is 0. The molecule has 1 aromatic carbocycles. The number of carbonyl (C=O) groups is 1. The van der Waals surface area contributed by atoms with Crippen molar-refractivity contribution in [3.63, 3.8) is 0 Å². The van der Waals surface area contributed by atoms with Gasteiger partial charge in [-0.3, -0.25) is 4.79 Å². The predicted octanol–water partition coefficient (Wildman–Crippen LogP) is 11.1. The number of benzene rings is 1. The molecule has 0 saturated heterocycles. The quantitative estimate of drug-likeness (QED) is 0.0628. The van der Waals surface area contributed by atoms with Crippen molar-refractivity contribution in [3.05, 3.63) is 71.4 Å². The maximum Gasteiger partial charge on any atom is 0.306 e. The van der Waals surface area contributed by atoms with Crippen molar-refractivity contribution in [2.24, 2.45) is 0 Å². The summed E-state index contributed by atoms with van der Waals surface area (Å²) in [5.74, 6) is 1.61. The van der Waals surface area contributed by atoms with Crippen molar-refractivity contribution in [2.75, 3.05) is 27.4 Å². The minimum absolute atomic E-state index is 0.150. The van der Waals surface area contributed by atoms with Crippen LogP contribution in [0.5, 0.6) is 17.2 Å². The van der Waals surface area contributed by atoms with Crippen LogP contribution in [0.2, 0.25) is 0 Å². The molecule has 0 radical (unpaired) electrons. The summed E-state index contributed by atoms with van der Waals surface area (Å²) in [4.78, 5) is 12.1. The van der Waals surface area contributed by atoms with E-state index in [1.807, 2.05) is 24.3 Å². The minimum atomic E-state index is -0.150. The molecule has 0 unspecified atom stereocenters. The average Bonchev–Trinajstić information content (AvgIpc) is 3.01. The molecule has 5 nitrogen and oxygen atoms in total. The van der Waals surface area contributed by atoms with Gasteiger partial charge < -0.3 is 18.9 Å². The maximum atomic E-state index is 12.1. The molecule has 0 aliphatic heterocycles. The second kappa shape index (κ2) is 26.2. The fourth-order valence-electron chi connectivity index (χ4n) is 4.57. The second-order valence-corrected chi connectivity index (χ2v) is 11.5. The average molecular weight is 609 g/mol. The largest absolute Gasteiger partial charge is 0.493 e. The third kappa shape index (κ3) is 19.9. The fourth-order valence-corrected chi connectivity index (χ4v) is 4.57. The highest BCUT2D eigenvalue weighted by Gasteiger charge is 2.13. The van der Waals surface area contributed by atoms with E-state index in [0.29, 0.717) is 30.3 Å². The molecule has 0 aliphatic rings. The van der Waals surface area contributed by atoms with E-state index >= 15 is 0 Å². The Bertz CT molecular complexity index is 1030. The first-order valence-electron chi connectivity index (χ1n) is 16.7. The zero-order chi connectivity index (χ0) is 32.3. The molecule has 0 saturated carbocycles. The summed E-state index contributed by atoms with van der Waals surface area (Å²) in [6.45, 7) is 9.27. The number of hydrogen-bond acceptors (Lipinski definition) is 5. The molecule has 0 fully saturated rings. The molecular weight excluding hydrogens is 548 g/mol. The van der Waals surface area contributed by atoms with Gasteiger partial charge in [-0.05, 0) is 102 Å². The van der Waals surface area contributed by atoms with Crippen molar-refractivity contribution in [2.45, 2.75) is 118 Å². The number of allylic oxidation sites excluding steroid dienone is 7.